The number of nitrogens with two attached hydrogens (primary N) is 1. The minimum atomic E-state index is -0.437. The molecule has 2 aromatic carbocycles. The van der Waals surface area contributed by atoms with Gasteiger partial charge in [-0.3, -0.25) is 5.41 Å². The summed E-state index contributed by atoms with van der Waals surface area (Å²) in [6, 6.07) is 9.54. The van der Waals surface area contributed by atoms with Gasteiger partial charge in [0.25, 0.3) is 0 Å². The molecule has 0 aromatic heterocycles. The second-order valence-corrected chi connectivity index (χ2v) is 4.84. The van der Waals surface area contributed by atoms with E-state index in [1.54, 1.807) is 12.1 Å². The predicted octanol–water partition coefficient (Wildman–Crippen LogP) is 3.65. The molecule has 0 amide bonds. The van der Waals surface area contributed by atoms with Crippen molar-refractivity contribution >= 4 is 17.4 Å². The van der Waals surface area contributed by atoms with Crippen molar-refractivity contribution in [2.45, 2.75) is 13.5 Å². The Balaban J connectivity index is 2.23. The van der Waals surface area contributed by atoms with Gasteiger partial charge < -0.3 is 10.5 Å². The Hall–Kier alpha value is -2.07. The Morgan fingerprint density at radius 1 is 1.30 bits per heavy atom. The highest BCUT2D eigenvalue weighted by Gasteiger charge is 2.09. The van der Waals surface area contributed by atoms with Crippen LogP contribution < -0.4 is 10.5 Å². The molecule has 3 nitrogen and oxygen atoms in total. The van der Waals surface area contributed by atoms with E-state index < -0.39 is 5.82 Å². The Morgan fingerprint density at radius 3 is 2.75 bits per heavy atom. The van der Waals surface area contributed by atoms with E-state index in [2.05, 4.69) is 0 Å². The van der Waals surface area contributed by atoms with Gasteiger partial charge in [0.15, 0.2) is 0 Å². The van der Waals surface area contributed by atoms with Gasteiger partial charge in [0, 0.05) is 11.1 Å². The number of benzene rings is 2. The van der Waals surface area contributed by atoms with Crippen molar-refractivity contribution in [3.8, 4) is 5.75 Å². The van der Waals surface area contributed by atoms with E-state index in [4.69, 9.17) is 27.5 Å². The number of rotatable bonds is 4. The van der Waals surface area contributed by atoms with Crippen molar-refractivity contribution < 1.29 is 9.13 Å². The molecule has 0 saturated carbocycles. The minimum absolute atomic E-state index is 0.165. The largest absolute Gasteiger partial charge is 0.487 e. The lowest BCUT2D eigenvalue weighted by Gasteiger charge is -2.12. The van der Waals surface area contributed by atoms with Crippen LogP contribution in [0.5, 0.6) is 5.75 Å². The number of hydrogen-bond donors (Lipinski definition) is 2. The summed E-state index contributed by atoms with van der Waals surface area (Å²) in [5.74, 6) is -0.0866. The topological polar surface area (TPSA) is 59.1 Å². The normalized spacial score (nSPS) is 10.3. The number of amidine groups is 1. The first-order valence-corrected chi connectivity index (χ1v) is 6.37. The molecule has 5 heteroatoms. The third-order valence-electron chi connectivity index (χ3n) is 2.83. The Labute approximate surface area is 121 Å². The van der Waals surface area contributed by atoms with Crippen LogP contribution in [0.2, 0.25) is 5.02 Å². The number of nitrogens with one attached hydrogen (secondary N) is 1. The summed E-state index contributed by atoms with van der Waals surface area (Å²) in [6.07, 6.45) is 0. The molecule has 2 rings (SSSR count). The first-order chi connectivity index (χ1) is 9.47. The van der Waals surface area contributed by atoms with Gasteiger partial charge in [-0.05, 0) is 36.8 Å². The van der Waals surface area contributed by atoms with Gasteiger partial charge in [0.2, 0.25) is 0 Å². The molecule has 0 spiro atoms. The fraction of sp³-hybridized carbons (Fsp3) is 0.133. The van der Waals surface area contributed by atoms with E-state index in [1.165, 1.54) is 12.1 Å². The van der Waals surface area contributed by atoms with Crippen molar-refractivity contribution in [1.82, 2.24) is 0 Å². The third-order valence-corrected chi connectivity index (χ3v) is 3.14. The van der Waals surface area contributed by atoms with Crippen LogP contribution in [0.1, 0.15) is 16.7 Å². The van der Waals surface area contributed by atoms with Crippen LogP contribution in [0.25, 0.3) is 0 Å². The summed E-state index contributed by atoms with van der Waals surface area (Å²) in [5.41, 5.74) is 7.43. The SMILES string of the molecule is Cc1ccc(Cl)c(OCc2ccc(F)cc2C(=N)N)c1. The highest BCUT2D eigenvalue weighted by Crippen LogP contribution is 2.26. The lowest BCUT2D eigenvalue weighted by molar-refractivity contribution is 0.306. The predicted molar refractivity (Wildman–Crippen MR) is 77.9 cm³/mol. The standard InChI is InChI=1S/C15H14ClFN2O/c1-9-2-5-13(16)14(6-9)20-8-10-3-4-11(17)7-12(10)15(18)19/h2-7H,8H2,1H3,(H3,18,19). The molecular weight excluding hydrogens is 279 g/mol. The summed E-state index contributed by atoms with van der Waals surface area (Å²) in [5, 5.41) is 7.96. The lowest BCUT2D eigenvalue weighted by atomic mass is 10.1. The number of ether oxygens (including phenoxy) is 1. The fourth-order valence-electron chi connectivity index (χ4n) is 1.80. The molecule has 0 aliphatic heterocycles. The fourth-order valence-corrected chi connectivity index (χ4v) is 1.97. The Morgan fingerprint density at radius 2 is 2.05 bits per heavy atom. The smallest absolute Gasteiger partial charge is 0.138 e. The molecular formula is C15H14ClFN2O. The molecule has 0 radical (unpaired) electrons. The molecule has 0 atom stereocenters. The van der Waals surface area contributed by atoms with Gasteiger partial charge in [0.1, 0.15) is 24.0 Å². The average Bonchev–Trinajstić information content (AvgIpc) is 2.40. The van der Waals surface area contributed by atoms with Crippen LogP contribution in [0.3, 0.4) is 0 Å². The monoisotopic (exact) mass is 292 g/mol. The number of aryl methyl sites for hydroxylation is 1. The van der Waals surface area contributed by atoms with Crippen LogP contribution in [0.15, 0.2) is 36.4 Å². The molecule has 20 heavy (non-hydrogen) atoms. The maximum atomic E-state index is 13.2. The van der Waals surface area contributed by atoms with E-state index >= 15 is 0 Å². The van der Waals surface area contributed by atoms with Crippen molar-refractivity contribution in [3.05, 3.63) is 63.9 Å². The van der Waals surface area contributed by atoms with Crippen molar-refractivity contribution in [3.63, 3.8) is 0 Å². The molecule has 2 aromatic rings. The van der Waals surface area contributed by atoms with Crippen LogP contribution in [-0.2, 0) is 6.61 Å². The second kappa shape index (κ2) is 5.92. The maximum absolute atomic E-state index is 13.2. The number of nitrogen functional groups attached to an aromatic ring is 1. The first-order valence-electron chi connectivity index (χ1n) is 5.99. The molecule has 0 bridgehead atoms. The van der Waals surface area contributed by atoms with Crippen molar-refractivity contribution in [2.24, 2.45) is 5.73 Å². The number of halogens is 2. The quantitative estimate of drug-likeness (QED) is 0.667. The second-order valence-electron chi connectivity index (χ2n) is 4.44. The first kappa shape index (κ1) is 14.3. The van der Waals surface area contributed by atoms with Gasteiger partial charge in [-0.1, -0.05) is 23.7 Å². The van der Waals surface area contributed by atoms with Gasteiger partial charge in [-0.25, -0.2) is 4.39 Å². The summed E-state index contributed by atoms with van der Waals surface area (Å²) in [4.78, 5) is 0. The van der Waals surface area contributed by atoms with Crippen LogP contribution >= 0.6 is 11.6 Å². The van der Waals surface area contributed by atoms with Gasteiger partial charge in [-0.15, -0.1) is 0 Å². The zero-order chi connectivity index (χ0) is 14.7. The summed E-state index contributed by atoms with van der Waals surface area (Å²) in [6.45, 7) is 2.10. The molecule has 0 saturated heterocycles. The van der Waals surface area contributed by atoms with E-state index in [1.807, 2.05) is 19.1 Å². The highest BCUT2D eigenvalue weighted by molar-refractivity contribution is 6.32. The van der Waals surface area contributed by atoms with Gasteiger partial charge >= 0.3 is 0 Å². The molecule has 0 fully saturated rings. The average molecular weight is 293 g/mol. The molecule has 0 heterocycles. The zero-order valence-corrected chi connectivity index (χ0v) is 11.7. The minimum Gasteiger partial charge on any atom is -0.487 e. The molecule has 0 aliphatic carbocycles. The van der Waals surface area contributed by atoms with E-state index in [0.29, 0.717) is 21.9 Å². The summed E-state index contributed by atoms with van der Waals surface area (Å²) >= 11 is 6.04. The maximum Gasteiger partial charge on any atom is 0.138 e. The Kier molecular flexibility index (Phi) is 4.25. The van der Waals surface area contributed by atoms with Crippen molar-refractivity contribution in [1.29, 1.82) is 5.41 Å². The van der Waals surface area contributed by atoms with E-state index in [9.17, 15) is 4.39 Å². The Bertz CT molecular complexity index is 658. The summed E-state index contributed by atoms with van der Waals surface area (Å²) < 4.78 is 18.8. The molecule has 0 aliphatic rings. The number of hydrogen-bond acceptors (Lipinski definition) is 2. The van der Waals surface area contributed by atoms with E-state index in [0.717, 1.165) is 5.56 Å². The highest BCUT2D eigenvalue weighted by atomic mass is 35.5. The van der Waals surface area contributed by atoms with Crippen LogP contribution in [0, 0.1) is 18.2 Å². The van der Waals surface area contributed by atoms with Crippen LogP contribution in [0.4, 0.5) is 4.39 Å². The van der Waals surface area contributed by atoms with Crippen LogP contribution in [-0.4, -0.2) is 5.84 Å². The van der Waals surface area contributed by atoms with E-state index in [-0.39, 0.29) is 12.4 Å². The molecule has 104 valence electrons. The molecule has 3 N–H and O–H groups in total. The lowest BCUT2D eigenvalue weighted by Crippen LogP contribution is -2.15. The van der Waals surface area contributed by atoms with Crippen molar-refractivity contribution in [2.75, 3.05) is 0 Å². The summed E-state index contributed by atoms with van der Waals surface area (Å²) in [7, 11) is 0. The molecule has 0 unspecified atom stereocenters. The van der Waals surface area contributed by atoms with Gasteiger partial charge in [0.05, 0.1) is 5.02 Å². The zero-order valence-electron chi connectivity index (χ0n) is 10.9. The van der Waals surface area contributed by atoms with Gasteiger partial charge in [-0.2, -0.15) is 0 Å². The third kappa shape index (κ3) is 3.27.